The summed E-state index contributed by atoms with van der Waals surface area (Å²) in [6, 6.07) is 3.37. The summed E-state index contributed by atoms with van der Waals surface area (Å²) in [5.74, 6) is 3.14. The number of amides is 4. The maximum Gasteiger partial charge on any atom is 0.408 e. The molecule has 1 saturated heterocycles. The third-order valence-corrected chi connectivity index (χ3v) is 11.1. The summed E-state index contributed by atoms with van der Waals surface area (Å²) in [5.41, 5.74) is -3.41. The second-order valence-electron chi connectivity index (χ2n) is 15.4. The zero-order valence-corrected chi connectivity index (χ0v) is 29.9. The first-order chi connectivity index (χ1) is 23.2. The van der Waals surface area contributed by atoms with Crippen LogP contribution in [0.1, 0.15) is 67.2 Å². The van der Waals surface area contributed by atoms with Gasteiger partial charge in [-0.15, -0.1) is 6.58 Å². The zero-order valence-electron chi connectivity index (χ0n) is 29.1. The van der Waals surface area contributed by atoms with Crippen LogP contribution >= 0.6 is 0 Å². The van der Waals surface area contributed by atoms with Gasteiger partial charge in [0.2, 0.25) is 27.3 Å². The first-order valence-corrected chi connectivity index (χ1v) is 18.1. The number of ether oxygens (including phenoxy) is 2. The minimum Gasteiger partial charge on any atom is -0.472 e. The molecule has 1 aromatic heterocycles. The molecular weight excluding hydrogens is 671 g/mol. The van der Waals surface area contributed by atoms with Crippen molar-refractivity contribution in [2.75, 3.05) is 6.54 Å². The monoisotopic (exact) mass is 717 g/mol. The summed E-state index contributed by atoms with van der Waals surface area (Å²) in [7, 11) is -3.96. The molecule has 16 heteroatoms. The molecule has 50 heavy (non-hydrogen) atoms. The summed E-state index contributed by atoms with van der Waals surface area (Å²) in [4.78, 5) is 60.8. The molecule has 3 fully saturated rings. The molecule has 4 amide bonds. The van der Waals surface area contributed by atoms with Gasteiger partial charge in [0.05, 0.1) is 11.8 Å². The van der Waals surface area contributed by atoms with Crippen LogP contribution in [-0.4, -0.2) is 83.2 Å². The molecule has 0 bridgehead atoms. The molecule has 1 aromatic carbocycles. The molecule has 2 aromatic rings. The molecule has 0 radical (unpaired) electrons. The van der Waals surface area contributed by atoms with Gasteiger partial charge in [-0.25, -0.2) is 32.1 Å². The van der Waals surface area contributed by atoms with Gasteiger partial charge in [-0.3, -0.25) is 9.59 Å². The predicted molar refractivity (Wildman–Crippen MR) is 180 cm³/mol. The second-order valence-corrected chi connectivity index (χ2v) is 17.3. The topological polar surface area (TPSA) is 192 Å². The zero-order chi connectivity index (χ0) is 37.0. The molecule has 5 N–H and O–H groups in total. The van der Waals surface area contributed by atoms with E-state index in [9.17, 15) is 32.0 Å². The van der Waals surface area contributed by atoms with Gasteiger partial charge >= 0.3 is 12.0 Å². The average molecular weight is 718 g/mol. The van der Waals surface area contributed by atoms with Gasteiger partial charge in [0.25, 0.3) is 5.91 Å². The number of aromatic nitrogens is 1. The van der Waals surface area contributed by atoms with Crippen molar-refractivity contribution in [3.05, 3.63) is 48.9 Å². The summed E-state index contributed by atoms with van der Waals surface area (Å²) in [6.45, 7) is 13.8. The van der Waals surface area contributed by atoms with Gasteiger partial charge in [0, 0.05) is 30.3 Å². The molecule has 2 saturated carbocycles. The quantitative estimate of drug-likeness (QED) is 0.121. The van der Waals surface area contributed by atoms with Crippen LogP contribution in [0.15, 0.2) is 43.1 Å². The number of halogens is 1. The maximum atomic E-state index is 14.4. The first kappa shape index (κ1) is 37.1. The SMILES string of the molecule is C=C[C@@H]1C[C@@]1(C(=O)NS(=O)(=O)C1CC1)[NH+](N)C(=O)[C@@H]1C[C@@H](Oc2nccc3ccc(F)cc23)CN1C(=O)[C@@H](NC(=O)OC(C)(C)C)C(C)(C)C. The average Bonchev–Trinajstić information content (AvgIpc) is 3.94. The molecule has 2 aliphatic carbocycles. The standard InChI is InChI=1S/C34H45FN6O8S/c1-8-20-17-34(20,30(44)39-50(46,47)23-11-12-23)41(36)28(42)25-16-22(48-27-24-15-21(35)10-9-19(24)13-14-37-27)18-40(25)29(43)26(32(2,3)4)38-31(45)49-33(5,6)7/h8-10,13-15,20,22-23,25-26H,1,11-12,16-18,36H2,2-7H3,(H,38,45)(H,39,44)/p+1/t20-,22-,25+,26-,34-/m1/s1. The fraction of sp³-hybridized carbons (Fsp3) is 0.559. The van der Waals surface area contributed by atoms with E-state index >= 15 is 0 Å². The Labute approximate surface area is 290 Å². The van der Waals surface area contributed by atoms with Gasteiger partial charge in [0.15, 0.2) is 6.04 Å². The van der Waals surface area contributed by atoms with Crippen molar-refractivity contribution >= 4 is 44.6 Å². The van der Waals surface area contributed by atoms with Crippen molar-refractivity contribution in [2.24, 2.45) is 17.2 Å². The lowest BCUT2D eigenvalue weighted by Crippen LogP contribution is -3.27. The number of hydrogen-bond donors (Lipinski definition) is 4. The Morgan fingerprint density at radius 2 is 1.84 bits per heavy atom. The van der Waals surface area contributed by atoms with Gasteiger partial charge in [0.1, 0.15) is 23.6 Å². The van der Waals surface area contributed by atoms with Gasteiger partial charge in [-0.1, -0.05) is 32.9 Å². The summed E-state index contributed by atoms with van der Waals surface area (Å²) in [6.07, 6.45) is 2.04. The second kappa shape index (κ2) is 13.2. The number of nitrogens with one attached hydrogen (secondary N) is 3. The number of carbonyl (C=O) groups is 4. The molecule has 14 nitrogen and oxygen atoms in total. The van der Waals surface area contributed by atoms with E-state index in [0.29, 0.717) is 23.6 Å². The van der Waals surface area contributed by atoms with Crippen LogP contribution in [-0.2, 0) is 29.1 Å². The van der Waals surface area contributed by atoms with Crippen LogP contribution < -0.4 is 25.6 Å². The number of sulfonamides is 1. The van der Waals surface area contributed by atoms with E-state index in [1.54, 1.807) is 53.7 Å². The Morgan fingerprint density at radius 1 is 1.16 bits per heavy atom. The fourth-order valence-corrected chi connectivity index (χ4v) is 7.69. The number of quaternary nitrogens is 1. The molecule has 3 aliphatic rings. The smallest absolute Gasteiger partial charge is 0.408 e. The number of hydrogen-bond acceptors (Lipinski definition) is 10. The Balaban J connectivity index is 1.48. The van der Waals surface area contributed by atoms with Crippen molar-refractivity contribution in [3.8, 4) is 5.88 Å². The summed E-state index contributed by atoms with van der Waals surface area (Å²) >= 11 is 0. The lowest BCUT2D eigenvalue weighted by molar-refractivity contribution is -0.864. The number of rotatable bonds is 10. The number of nitrogens with two attached hydrogens (primary N) is 1. The van der Waals surface area contributed by atoms with Crippen molar-refractivity contribution in [2.45, 2.75) is 102 Å². The number of likely N-dealkylation sites (tertiary alicyclic amines) is 1. The molecular formula is C34H46FN6O8S+. The van der Waals surface area contributed by atoms with E-state index < -0.39 is 90.6 Å². The molecule has 1 aliphatic heterocycles. The van der Waals surface area contributed by atoms with Crippen LogP contribution in [0.25, 0.3) is 10.8 Å². The normalized spacial score (nSPS) is 25.0. The molecule has 2 heterocycles. The van der Waals surface area contributed by atoms with Crippen LogP contribution in [0.5, 0.6) is 5.88 Å². The van der Waals surface area contributed by atoms with Crippen LogP contribution in [0, 0.1) is 17.2 Å². The van der Waals surface area contributed by atoms with Crippen LogP contribution in [0.3, 0.4) is 0 Å². The molecule has 5 rings (SSSR count). The highest BCUT2D eigenvalue weighted by atomic mass is 32.2. The number of pyridine rings is 1. The molecule has 272 valence electrons. The maximum absolute atomic E-state index is 14.4. The van der Waals surface area contributed by atoms with Gasteiger partial charge < -0.3 is 19.7 Å². The number of fused-ring (bicyclic) bond motifs is 1. The fourth-order valence-electron chi connectivity index (χ4n) is 6.33. The Kier molecular flexibility index (Phi) is 9.79. The third-order valence-electron chi connectivity index (χ3n) is 9.24. The Bertz CT molecular complexity index is 1820. The number of carbonyl (C=O) groups excluding carboxylic acids is 4. The highest BCUT2D eigenvalue weighted by molar-refractivity contribution is 7.91. The van der Waals surface area contributed by atoms with E-state index in [-0.39, 0.29) is 25.3 Å². The number of benzene rings is 1. The minimum atomic E-state index is -3.96. The van der Waals surface area contributed by atoms with E-state index in [2.05, 4.69) is 21.6 Å². The van der Waals surface area contributed by atoms with Crippen LogP contribution in [0.2, 0.25) is 0 Å². The first-order valence-electron chi connectivity index (χ1n) is 16.5. The van der Waals surface area contributed by atoms with Crippen molar-refractivity contribution in [1.29, 1.82) is 0 Å². The Morgan fingerprint density at radius 3 is 2.42 bits per heavy atom. The van der Waals surface area contributed by atoms with Gasteiger partial charge in [-0.05, 0) is 62.6 Å². The molecule has 6 atom stereocenters. The third kappa shape index (κ3) is 7.61. The van der Waals surface area contributed by atoms with E-state index in [4.69, 9.17) is 15.3 Å². The predicted octanol–water partition coefficient (Wildman–Crippen LogP) is 1.50. The Hall–Kier alpha value is -4.15. The summed E-state index contributed by atoms with van der Waals surface area (Å²) in [5, 5.41) is 2.58. The summed E-state index contributed by atoms with van der Waals surface area (Å²) < 4.78 is 53.4. The van der Waals surface area contributed by atoms with E-state index in [0.717, 1.165) is 0 Å². The highest BCUT2D eigenvalue weighted by Crippen LogP contribution is 2.42. The van der Waals surface area contributed by atoms with Gasteiger partial charge in [-0.2, -0.15) is 10.9 Å². The van der Waals surface area contributed by atoms with Crippen molar-refractivity contribution < 1.29 is 46.5 Å². The number of nitrogens with zero attached hydrogens (tertiary/aromatic N) is 2. The molecule has 1 unspecified atom stereocenters. The van der Waals surface area contributed by atoms with E-state index in [1.165, 1.54) is 29.3 Å². The van der Waals surface area contributed by atoms with Crippen LogP contribution in [0.4, 0.5) is 9.18 Å². The van der Waals surface area contributed by atoms with Crippen molar-refractivity contribution in [1.82, 2.24) is 19.9 Å². The minimum absolute atomic E-state index is 0.0526. The number of alkyl carbamates (subject to hydrolysis) is 1. The lowest BCUT2D eigenvalue weighted by atomic mass is 9.85. The largest absolute Gasteiger partial charge is 0.472 e. The van der Waals surface area contributed by atoms with E-state index in [1.807, 2.05) is 0 Å². The lowest BCUT2D eigenvalue weighted by Gasteiger charge is -2.36. The molecule has 0 spiro atoms. The van der Waals surface area contributed by atoms with Crippen molar-refractivity contribution in [3.63, 3.8) is 0 Å². The highest BCUT2D eigenvalue weighted by Gasteiger charge is 2.70.